The molecule has 8 heteroatoms. The summed E-state index contributed by atoms with van der Waals surface area (Å²) in [5.41, 5.74) is 0.723. The molecule has 0 atom stereocenters. The summed E-state index contributed by atoms with van der Waals surface area (Å²) in [7, 11) is 1.99. The Labute approximate surface area is 122 Å². The Morgan fingerprint density at radius 1 is 1.29 bits per heavy atom. The zero-order valence-electron chi connectivity index (χ0n) is 12.1. The van der Waals surface area contributed by atoms with Crippen molar-refractivity contribution in [2.45, 2.75) is 13.3 Å². The molecule has 0 amide bonds. The largest absolute Gasteiger partial charge is 0.369 e. The van der Waals surface area contributed by atoms with Crippen LogP contribution < -0.4 is 10.6 Å². The van der Waals surface area contributed by atoms with Crippen molar-refractivity contribution < 1.29 is 0 Å². The van der Waals surface area contributed by atoms with Crippen molar-refractivity contribution in [3.8, 4) is 0 Å². The van der Waals surface area contributed by atoms with E-state index >= 15 is 0 Å². The van der Waals surface area contributed by atoms with Crippen LogP contribution in [-0.4, -0.2) is 42.8 Å². The maximum atomic E-state index is 4.48. The first kappa shape index (κ1) is 13.3. The number of aromatic nitrogens is 6. The van der Waals surface area contributed by atoms with E-state index in [2.05, 4.69) is 35.8 Å². The lowest BCUT2D eigenvalue weighted by Gasteiger charge is -2.09. The molecule has 0 aliphatic carbocycles. The molecule has 8 nitrogen and oxygen atoms in total. The second-order valence-electron chi connectivity index (χ2n) is 4.69. The molecular formula is C13H18N8. The van der Waals surface area contributed by atoms with E-state index in [4.69, 9.17) is 0 Å². The van der Waals surface area contributed by atoms with Gasteiger partial charge in [-0.25, -0.2) is 4.98 Å². The first-order chi connectivity index (χ1) is 10.3. The molecule has 0 aliphatic rings. The van der Waals surface area contributed by atoms with Gasteiger partial charge in [0.15, 0.2) is 5.65 Å². The maximum Gasteiger partial charge on any atom is 0.226 e. The molecule has 3 aromatic rings. The van der Waals surface area contributed by atoms with Crippen LogP contribution >= 0.6 is 0 Å². The van der Waals surface area contributed by atoms with Crippen molar-refractivity contribution >= 4 is 22.8 Å². The van der Waals surface area contributed by atoms with Crippen molar-refractivity contribution in [1.82, 2.24) is 29.7 Å². The van der Waals surface area contributed by atoms with Gasteiger partial charge in [-0.1, -0.05) is 0 Å². The molecule has 0 radical (unpaired) electrons. The molecule has 110 valence electrons. The number of rotatable bonds is 6. The van der Waals surface area contributed by atoms with Gasteiger partial charge >= 0.3 is 0 Å². The van der Waals surface area contributed by atoms with E-state index in [-0.39, 0.29) is 0 Å². The molecule has 21 heavy (non-hydrogen) atoms. The number of H-pyrrole nitrogens is 1. The highest BCUT2D eigenvalue weighted by atomic mass is 15.2. The molecule has 3 rings (SSSR count). The smallest absolute Gasteiger partial charge is 0.226 e. The van der Waals surface area contributed by atoms with E-state index in [0.717, 1.165) is 42.2 Å². The van der Waals surface area contributed by atoms with Crippen molar-refractivity contribution in [2.75, 3.05) is 23.7 Å². The molecule has 3 heterocycles. The lowest BCUT2D eigenvalue weighted by atomic mass is 10.3. The molecule has 3 aromatic heterocycles. The zero-order chi connectivity index (χ0) is 14.7. The number of anilines is 2. The van der Waals surface area contributed by atoms with Gasteiger partial charge in [0.1, 0.15) is 11.6 Å². The molecule has 0 bridgehead atoms. The maximum absolute atomic E-state index is 4.48. The number of hydrogen-bond donors (Lipinski definition) is 3. The van der Waals surface area contributed by atoms with Gasteiger partial charge in [-0.05, 0) is 6.92 Å². The van der Waals surface area contributed by atoms with E-state index in [9.17, 15) is 0 Å². The Hall–Kier alpha value is -2.64. The van der Waals surface area contributed by atoms with Gasteiger partial charge in [-0.15, -0.1) is 0 Å². The second-order valence-corrected chi connectivity index (χ2v) is 4.69. The van der Waals surface area contributed by atoms with Crippen LogP contribution in [0, 0.1) is 0 Å². The van der Waals surface area contributed by atoms with Gasteiger partial charge < -0.3 is 15.2 Å². The predicted molar refractivity (Wildman–Crippen MR) is 81.2 cm³/mol. The molecule has 0 aliphatic heterocycles. The van der Waals surface area contributed by atoms with Crippen LogP contribution in [0.4, 0.5) is 11.8 Å². The van der Waals surface area contributed by atoms with Gasteiger partial charge in [0.05, 0.1) is 11.6 Å². The SMILES string of the molecule is CCNc1nc(NCCc2nccn2C)c2cn[nH]c2n1. The Morgan fingerprint density at radius 2 is 2.19 bits per heavy atom. The van der Waals surface area contributed by atoms with Crippen LogP contribution in [-0.2, 0) is 13.5 Å². The first-order valence-electron chi connectivity index (χ1n) is 6.93. The summed E-state index contributed by atoms with van der Waals surface area (Å²) < 4.78 is 2.01. The van der Waals surface area contributed by atoms with Crippen LogP contribution in [0.1, 0.15) is 12.7 Å². The molecule has 0 unspecified atom stereocenters. The summed E-state index contributed by atoms with van der Waals surface area (Å²) >= 11 is 0. The summed E-state index contributed by atoms with van der Waals surface area (Å²) in [5.74, 6) is 2.40. The van der Waals surface area contributed by atoms with Crippen molar-refractivity contribution in [3.63, 3.8) is 0 Å². The third-order valence-corrected chi connectivity index (χ3v) is 3.21. The van der Waals surface area contributed by atoms with Crippen LogP contribution in [0.3, 0.4) is 0 Å². The third kappa shape index (κ3) is 2.78. The summed E-state index contributed by atoms with van der Waals surface area (Å²) in [6.07, 6.45) is 6.30. The Bertz CT molecular complexity index is 729. The highest BCUT2D eigenvalue weighted by Gasteiger charge is 2.09. The zero-order valence-corrected chi connectivity index (χ0v) is 12.1. The van der Waals surface area contributed by atoms with E-state index in [1.165, 1.54) is 0 Å². The fourth-order valence-electron chi connectivity index (χ4n) is 2.14. The van der Waals surface area contributed by atoms with E-state index in [1.54, 1.807) is 12.4 Å². The highest BCUT2D eigenvalue weighted by molar-refractivity contribution is 5.86. The normalized spacial score (nSPS) is 11.0. The van der Waals surface area contributed by atoms with Gasteiger partial charge in [0, 0.05) is 39.0 Å². The standard InChI is InChI=1S/C13H18N8/c1-3-14-13-18-11(9-8-17-20-12(9)19-13)16-5-4-10-15-6-7-21(10)2/h6-8H,3-5H2,1-2H3,(H3,14,16,17,18,19,20). The summed E-state index contributed by atoms with van der Waals surface area (Å²) in [6, 6.07) is 0. The summed E-state index contributed by atoms with van der Waals surface area (Å²) in [6.45, 7) is 3.52. The number of imidazole rings is 1. The Kier molecular flexibility index (Phi) is 3.67. The molecule has 0 saturated heterocycles. The monoisotopic (exact) mass is 286 g/mol. The van der Waals surface area contributed by atoms with Crippen LogP contribution in [0.15, 0.2) is 18.6 Å². The van der Waals surface area contributed by atoms with Crippen molar-refractivity contribution in [1.29, 1.82) is 0 Å². The number of hydrogen-bond acceptors (Lipinski definition) is 6. The average molecular weight is 286 g/mol. The quantitative estimate of drug-likeness (QED) is 0.629. The molecule has 0 fully saturated rings. The molecule has 0 saturated carbocycles. The molecular weight excluding hydrogens is 268 g/mol. The van der Waals surface area contributed by atoms with Gasteiger partial charge in [0.25, 0.3) is 0 Å². The van der Waals surface area contributed by atoms with Crippen molar-refractivity contribution in [2.24, 2.45) is 7.05 Å². The minimum atomic E-state index is 0.591. The lowest BCUT2D eigenvalue weighted by Crippen LogP contribution is -2.11. The fourth-order valence-corrected chi connectivity index (χ4v) is 2.14. The molecule has 0 aromatic carbocycles. The number of fused-ring (bicyclic) bond motifs is 1. The Morgan fingerprint density at radius 3 is 2.95 bits per heavy atom. The Balaban J connectivity index is 1.76. The van der Waals surface area contributed by atoms with E-state index < -0.39 is 0 Å². The van der Waals surface area contributed by atoms with E-state index in [0.29, 0.717) is 5.95 Å². The number of nitrogens with zero attached hydrogens (tertiary/aromatic N) is 5. The minimum Gasteiger partial charge on any atom is -0.369 e. The lowest BCUT2D eigenvalue weighted by molar-refractivity contribution is 0.789. The average Bonchev–Trinajstić information content (AvgIpc) is 3.08. The third-order valence-electron chi connectivity index (χ3n) is 3.21. The van der Waals surface area contributed by atoms with Crippen LogP contribution in [0.5, 0.6) is 0 Å². The van der Waals surface area contributed by atoms with E-state index in [1.807, 2.05) is 24.7 Å². The number of nitrogens with one attached hydrogen (secondary N) is 3. The topological polar surface area (TPSA) is 96.3 Å². The fraction of sp³-hybridized carbons (Fsp3) is 0.385. The summed E-state index contributed by atoms with van der Waals surface area (Å²) in [4.78, 5) is 13.2. The van der Waals surface area contributed by atoms with Crippen molar-refractivity contribution in [3.05, 3.63) is 24.4 Å². The van der Waals surface area contributed by atoms with Crippen LogP contribution in [0.25, 0.3) is 11.0 Å². The van der Waals surface area contributed by atoms with Gasteiger partial charge in [0.2, 0.25) is 5.95 Å². The number of aryl methyl sites for hydroxylation is 1. The number of aromatic amines is 1. The van der Waals surface area contributed by atoms with Crippen LogP contribution in [0.2, 0.25) is 0 Å². The van der Waals surface area contributed by atoms with Gasteiger partial charge in [-0.2, -0.15) is 15.1 Å². The highest BCUT2D eigenvalue weighted by Crippen LogP contribution is 2.19. The predicted octanol–water partition coefficient (Wildman–Crippen LogP) is 1.17. The minimum absolute atomic E-state index is 0.591. The molecule has 0 spiro atoms. The second kappa shape index (κ2) is 5.78. The first-order valence-corrected chi connectivity index (χ1v) is 6.93. The van der Waals surface area contributed by atoms with Gasteiger partial charge in [-0.3, -0.25) is 5.10 Å². The molecule has 3 N–H and O–H groups in total. The summed E-state index contributed by atoms with van der Waals surface area (Å²) in [5, 5.41) is 14.2.